The molecular weight excluding hydrogens is 298 g/mol. The highest BCUT2D eigenvalue weighted by Gasteiger charge is 2.36. The summed E-state index contributed by atoms with van der Waals surface area (Å²) in [7, 11) is -3.47. The van der Waals surface area contributed by atoms with Gasteiger partial charge in [0.15, 0.2) is 0 Å². The Bertz CT molecular complexity index is 673. The van der Waals surface area contributed by atoms with E-state index in [2.05, 4.69) is 10.3 Å². The van der Waals surface area contributed by atoms with Crippen LogP contribution in [0.1, 0.15) is 23.2 Å². The zero-order chi connectivity index (χ0) is 15.6. The number of carbonyl (C=O) groups is 2. The van der Waals surface area contributed by atoms with Crippen molar-refractivity contribution in [1.29, 1.82) is 0 Å². The van der Waals surface area contributed by atoms with Crippen LogP contribution in [0.4, 0.5) is 5.69 Å². The normalized spacial score (nSPS) is 19.4. The maximum atomic E-state index is 12.2. The van der Waals surface area contributed by atoms with Crippen LogP contribution in [0.25, 0.3) is 0 Å². The first kappa shape index (κ1) is 15.4. The van der Waals surface area contributed by atoms with E-state index in [1.54, 1.807) is 0 Å². The third kappa shape index (κ3) is 3.37. The summed E-state index contributed by atoms with van der Waals surface area (Å²) in [5, 5.41) is 11.5. The van der Waals surface area contributed by atoms with Gasteiger partial charge in [-0.25, -0.2) is 13.2 Å². The molecule has 0 aliphatic carbocycles. The molecule has 1 unspecified atom stereocenters. The van der Waals surface area contributed by atoms with Crippen molar-refractivity contribution in [2.24, 2.45) is 0 Å². The molecule has 0 saturated carbocycles. The quantitative estimate of drug-likeness (QED) is 0.817. The minimum Gasteiger partial charge on any atom is -0.478 e. The molecule has 8 nitrogen and oxygen atoms in total. The van der Waals surface area contributed by atoms with E-state index in [0.29, 0.717) is 12.8 Å². The Morgan fingerprint density at radius 3 is 2.81 bits per heavy atom. The summed E-state index contributed by atoms with van der Waals surface area (Å²) < 4.78 is 24.4. The maximum absolute atomic E-state index is 12.2. The first-order chi connectivity index (χ1) is 9.80. The number of aromatic nitrogens is 1. The van der Waals surface area contributed by atoms with E-state index in [1.807, 2.05) is 0 Å². The van der Waals surface area contributed by atoms with E-state index in [9.17, 15) is 18.0 Å². The van der Waals surface area contributed by atoms with Crippen molar-refractivity contribution in [3.05, 3.63) is 24.0 Å². The second-order valence-electron chi connectivity index (χ2n) is 4.75. The number of sulfonamides is 1. The average Bonchev–Trinajstić information content (AvgIpc) is 2.88. The molecule has 114 valence electrons. The van der Waals surface area contributed by atoms with Gasteiger partial charge in [0.25, 0.3) is 0 Å². The van der Waals surface area contributed by atoms with Crippen molar-refractivity contribution < 1.29 is 23.1 Å². The summed E-state index contributed by atoms with van der Waals surface area (Å²) in [6.45, 7) is 0.287. The van der Waals surface area contributed by atoms with Crippen molar-refractivity contribution in [2.75, 3.05) is 18.1 Å². The molecule has 2 heterocycles. The van der Waals surface area contributed by atoms with Crippen molar-refractivity contribution in [1.82, 2.24) is 9.29 Å². The van der Waals surface area contributed by atoms with Crippen LogP contribution in [-0.4, -0.2) is 53.5 Å². The number of rotatable bonds is 4. The number of nitrogens with one attached hydrogen (secondary N) is 1. The third-order valence-electron chi connectivity index (χ3n) is 3.24. The Labute approximate surface area is 121 Å². The molecule has 1 aromatic heterocycles. The van der Waals surface area contributed by atoms with Gasteiger partial charge in [-0.15, -0.1) is 0 Å². The molecule has 1 amide bonds. The second-order valence-corrected chi connectivity index (χ2v) is 6.68. The predicted molar refractivity (Wildman–Crippen MR) is 74.4 cm³/mol. The van der Waals surface area contributed by atoms with Gasteiger partial charge in [0.2, 0.25) is 15.9 Å². The molecule has 1 fully saturated rings. The highest BCUT2D eigenvalue weighted by Crippen LogP contribution is 2.22. The van der Waals surface area contributed by atoms with Gasteiger partial charge in [0, 0.05) is 12.7 Å². The predicted octanol–water partition coefficient (Wildman–Crippen LogP) is 0.142. The molecule has 2 rings (SSSR count). The van der Waals surface area contributed by atoms with Gasteiger partial charge in [0.05, 0.1) is 23.7 Å². The van der Waals surface area contributed by atoms with Crippen LogP contribution < -0.4 is 5.32 Å². The zero-order valence-corrected chi connectivity index (χ0v) is 12.1. The smallest absolute Gasteiger partial charge is 0.337 e. The Balaban J connectivity index is 2.21. The molecule has 1 aliphatic heterocycles. The molecule has 1 atom stereocenters. The van der Waals surface area contributed by atoms with Crippen LogP contribution in [0, 0.1) is 0 Å². The number of carboxylic acids is 1. The Morgan fingerprint density at radius 1 is 1.48 bits per heavy atom. The van der Waals surface area contributed by atoms with Crippen molar-refractivity contribution in [3.63, 3.8) is 0 Å². The van der Waals surface area contributed by atoms with Crippen LogP contribution in [0.2, 0.25) is 0 Å². The first-order valence-corrected chi connectivity index (χ1v) is 8.10. The summed E-state index contributed by atoms with van der Waals surface area (Å²) in [5.74, 6) is -1.74. The topological polar surface area (TPSA) is 117 Å². The molecule has 9 heteroatoms. The second kappa shape index (κ2) is 5.78. The highest BCUT2D eigenvalue weighted by molar-refractivity contribution is 7.88. The van der Waals surface area contributed by atoms with E-state index < -0.39 is 27.9 Å². The lowest BCUT2D eigenvalue weighted by molar-refractivity contribution is -0.119. The fourth-order valence-electron chi connectivity index (χ4n) is 2.30. The summed E-state index contributed by atoms with van der Waals surface area (Å²) in [6, 6.07) is 0.447. The van der Waals surface area contributed by atoms with Gasteiger partial charge < -0.3 is 10.4 Å². The third-order valence-corrected chi connectivity index (χ3v) is 4.53. The van der Waals surface area contributed by atoms with Gasteiger partial charge in [-0.2, -0.15) is 4.31 Å². The van der Waals surface area contributed by atoms with Crippen molar-refractivity contribution in [2.45, 2.75) is 18.9 Å². The number of carbonyl (C=O) groups excluding carboxylic acids is 1. The minimum absolute atomic E-state index is 0.0513. The van der Waals surface area contributed by atoms with Crippen molar-refractivity contribution in [3.8, 4) is 0 Å². The van der Waals surface area contributed by atoms with Crippen molar-refractivity contribution >= 4 is 27.6 Å². The Morgan fingerprint density at radius 2 is 2.19 bits per heavy atom. The number of aromatic carboxylic acids is 1. The molecule has 2 N–H and O–H groups in total. The van der Waals surface area contributed by atoms with E-state index in [1.165, 1.54) is 18.5 Å². The monoisotopic (exact) mass is 313 g/mol. The first-order valence-electron chi connectivity index (χ1n) is 6.25. The minimum atomic E-state index is -3.47. The van der Waals surface area contributed by atoms with E-state index in [-0.39, 0.29) is 17.8 Å². The van der Waals surface area contributed by atoms with E-state index in [4.69, 9.17) is 5.11 Å². The lowest BCUT2D eigenvalue weighted by Crippen LogP contribution is -2.42. The molecular formula is C12H15N3O5S. The number of anilines is 1. The summed E-state index contributed by atoms with van der Waals surface area (Å²) in [5.41, 5.74) is -0.0439. The van der Waals surface area contributed by atoms with E-state index in [0.717, 1.165) is 10.6 Å². The number of hydrogen-bond acceptors (Lipinski definition) is 5. The van der Waals surface area contributed by atoms with Crippen LogP contribution in [0.15, 0.2) is 18.5 Å². The van der Waals surface area contributed by atoms with Gasteiger partial charge in [-0.3, -0.25) is 9.78 Å². The molecule has 0 bridgehead atoms. The maximum Gasteiger partial charge on any atom is 0.337 e. The SMILES string of the molecule is CS(=O)(=O)N1CCCC1C(=O)Nc1cnccc1C(=O)O. The zero-order valence-electron chi connectivity index (χ0n) is 11.3. The van der Waals surface area contributed by atoms with Crippen LogP contribution >= 0.6 is 0 Å². The largest absolute Gasteiger partial charge is 0.478 e. The molecule has 0 aromatic carbocycles. The van der Waals surface area contributed by atoms with Crippen LogP contribution in [0.3, 0.4) is 0 Å². The fourth-order valence-corrected chi connectivity index (χ4v) is 3.42. The molecule has 0 radical (unpaired) electrons. The van der Waals surface area contributed by atoms with E-state index >= 15 is 0 Å². The Hall–Kier alpha value is -2.00. The standard InChI is InChI=1S/C12H15N3O5S/c1-21(19,20)15-6-2-3-10(15)11(16)14-9-7-13-5-4-8(9)12(17)18/h4-5,7,10H,2-3,6H2,1H3,(H,14,16)(H,17,18). The van der Waals surface area contributed by atoms with Gasteiger partial charge >= 0.3 is 5.97 Å². The number of hydrogen-bond donors (Lipinski definition) is 2. The lowest BCUT2D eigenvalue weighted by atomic mass is 10.2. The molecule has 1 saturated heterocycles. The van der Waals surface area contributed by atoms with Gasteiger partial charge in [0.1, 0.15) is 6.04 Å². The summed E-state index contributed by atoms with van der Waals surface area (Å²) in [6.07, 6.45) is 4.56. The molecule has 1 aliphatic rings. The number of pyridine rings is 1. The lowest BCUT2D eigenvalue weighted by Gasteiger charge is -2.21. The highest BCUT2D eigenvalue weighted by atomic mass is 32.2. The number of carboxylic acid groups (broad SMARTS) is 1. The molecule has 21 heavy (non-hydrogen) atoms. The number of nitrogens with zero attached hydrogens (tertiary/aromatic N) is 2. The summed E-state index contributed by atoms with van der Waals surface area (Å²) >= 11 is 0. The summed E-state index contributed by atoms with van der Waals surface area (Å²) in [4.78, 5) is 27.0. The van der Waals surface area contributed by atoms with Gasteiger partial charge in [-0.1, -0.05) is 0 Å². The number of amides is 1. The molecule has 0 spiro atoms. The Kier molecular flexibility index (Phi) is 4.24. The van der Waals surface area contributed by atoms with Gasteiger partial charge in [-0.05, 0) is 18.9 Å². The molecule has 1 aromatic rings. The van der Waals surface area contributed by atoms with Crippen LogP contribution in [-0.2, 0) is 14.8 Å². The fraction of sp³-hybridized carbons (Fsp3) is 0.417. The average molecular weight is 313 g/mol. The van der Waals surface area contributed by atoms with Crippen LogP contribution in [0.5, 0.6) is 0 Å².